The van der Waals surface area contributed by atoms with Crippen LogP contribution in [0, 0.1) is 5.41 Å². The molecule has 114 valence electrons. The summed E-state index contributed by atoms with van der Waals surface area (Å²) in [6.45, 7) is 7.44. The lowest BCUT2D eigenvalue weighted by molar-refractivity contribution is -0.155. The van der Waals surface area contributed by atoms with Crippen LogP contribution in [0.15, 0.2) is 0 Å². The summed E-state index contributed by atoms with van der Waals surface area (Å²) in [4.78, 5) is 26.2. The fourth-order valence-corrected chi connectivity index (χ4v) is 3.17. The second kappa shape index (κ2) is 5.24. The van der Waals surface area contributed by atoms with Crippen LogP contribution in [0.4, 0.5) is 4.79 Å². The molecule has 2 heterocycles. The van der Waals surface area contributed by atoms with E-state index in [1.54, 1.807) is 4.90 Å². The number of piperidine rings is 1. The van der Waals surface area contributed by atoms with Gasteiger partial charge in [-0.3, -0.25) is 4.79 Å². The van der Waals surface area contributed by atoms with Crippen molar-refractivity contribution in [2.75, 3.05) is 26.7 Å². The van der Waals surface area contributed by atoms with Gasteiger partial charge >= 0.3 is 12.1 Å². The summed E-state index contributed by atoms with van der Waals surface area (Å²) in [5.41, 5.74) is -1.10. The number of ether oxygens (including phenoxy) is 2. The van der Waals surface area contributed by atoms with Crippen molar-refractivity contribution < 1.29 is 19.1 Å². The van der Waals surface area contributed by atoms with Gasteiger partial charge in [0.1, 0.15) is 5.60 Å². The predicted octanol–water partition coefficient (Wildman–Crippen LogP) is 1.15. The molecule has 2 rings (SSSR count). The van der Waals surface area contributed by atoms with Gasteiger partial charge in [-0.25, -0.2) is 4.79 Å². The molecule has 0 aliphatic carbocycles. The number of fused-ring (bicyclic) bond motifs is 1. The van der Waals surface area contributed by atoms with E-state index in [1.165, 1.54) is 7.11 Å². The van der Waals surface area contributed by atoms with Gasteiger partial charge in [0.25, 0.3) is 0 Å². The van der Waals surface area contributed by atoms with Crippen LogP contribution in [0.5, 0.6) is 0 Å². The Morgan fingerprint density at radius 2 is 2.00 bits per heavy atom. The number of esters is 1. The number of hydrogen-bond acceptors (Lipinski definition) is 5. The van der Waals surface area contributed by atoms with Crippen LogP contribution in [-0.2, 0) is 14.3 Å². The molecule has 1 amide bonds. The molecule has 6 nitrogen and oxygen atoms in total. The first-order valence-electron chi connectivity index (χ1n) is 7.09. The first-order valence-corrected chi connectivity index (χ1v) is 7.09. The summed E-state index contributed by atoms with van der Waals surface area (Å²) < 4.78 is 10.4. The number of likely N-dealkylation sites (tertiary alicyclic amines) is 1. The van der Waals surface area contributed by atoms with E-state index in [0.717, 1.165) is 6.54 Å². The van der Waals surface area contributed by atoms with Crippen molar-refractivity contribution in [1.29, 1.82) is 0 Å². The molecule has 2 aliphatic heterocycles. The van der Waals surface area contributed by atoms with E-state index in [0.29, 0.717) is 25.9 Å². The maximum Gasteiger partial charge on any atom is 0.410 e. The van der Waals surface area contributed by atoms with Gasteiger partial charge in [-0.05, 0) is 40.2 Å². The van der Waals surface area contributed by atoms with Crippen LogP contribution in [-0.4, -0.2) is 55.3 Å². The monoisotopic (exact) mass is 284 g/mol. The molecule has 0 radical (unpaired) electrons. The van der Waals surface area contributed by atoms with Crippen molar-refractivity contribution in [2.24, 2.45) is 5.41 Å². The van der Waals surface area contributed by atoms with E-state index >= 15 is 0 Å². The fourth-order valence-electron chi connectivity index (χ4n) is 3.17. The first kappa shape index (κ1) is 15.1. The van der Waals surface area contributed by atoms with Gasteiger partial charge in [-0.1, -0.05) is 0 Å². The number of nitrogens with zero attached hydrogens (tertiary/aromatic N) is 1. The van der Waals surface area contributed by atoms with Crippen LogP contribution in [0.2, 0.25) is 0 Å². The van der Waals surface area contributed by atoms with Crippen molar-refractivity contribution in [2.45, 2.75) is 45.3 Å². The Morgan fingerprint density at radius 1 is 1.30 bits per heavy atom. The van der Waals surface area contributed by atoms with Gasteiger partial charge in [0.15, 0.2) is 0 Å². The van der Waals surface area contributed by atoms with E-state index < -0.39 is 11.0 Å². The average molecular weight is 284 g/mol. The molecule has 20 heavy (non-hydrogen) atoms. The highest BCUT2D eigenvalue weighted by molar-refractivity contribution is 5.81. The summed E-state index contributed by atoms with van der Waals surface area (Å²) in [6.07, 6.45) is 0.992. The zero-order valence-electron chi connectivity index (χ0n) is 12.7. The SMILES string of the molecule is COC(=O)[C@]12CCNC[C@H]1N(C(=O)OC(C)(C)C)CC2. The number of methoxy groups -OCH3 is 1. The lowest BCUT2D eigenvalue weighted by atomic mass is 9.75. The van der Waals surface area contributed by atoms with Crippen molar-refractivity contribution in [3.63, 3.8) is 0 Å². The molecule has 0 aromatic heterocycles. The van der Waals surface area contributed by atoms with Gasteiger partial charge in [-0.2, -0.15) is 0 Å². The van der Waals surface area contributed by atoms with Crippen molar-refractivity contribution >= 4 is 12.1 Å². The molecule has 2 fully saturated rings. The van der Waals surface area contributed by atoms with E-state index in [4.69, 9.17) is 9.47 Å². The Labute approximate surface area is 119 Å². The van der Waals surface area contributed by atoms with Crippen molar-refractivity contribution in [3.05, 3.63) is 0 Å². The minimum absolute atomic E-state index is 0.182. The van der Waals surface area contributed by atoms with Gasteiger partial charge in [0.05, 0.1) is 18.6 Å². The molecule has 2 saturated heterocycles. The number of amides is 1. The van der Waals surface area contributed by atoms with Gasteiger partial charge in [0, 0.05) is 13.1 Å². The van der Waals surface area contributed by atoms with E-state index in [9.17, 15) is 9.59 Å². The van der Waals surface area contributed by atoms with Crippen molar-refractivity contribution in [3.8, 4) is 0 Å². The summed E-state index contributed by atoms with van der Waals surface area (Å²) >= 11 is 0. The Bertz CT molecular complexity index is 404. The van der Waals surface area contributed by atoms with Crippen LogP contribution in [0.3, 0.4) is 0 Å². The van der Waals surface area contributed by atoms with Crippen LogP contribution < -0.4 is 5.32 Å². The number of carbonyl (C=O) groups excluding carboxylic acids is 2. The number of rotatable bonds is 1. The molecule has 1 N–H and O–H groups in total. The summed E-state index contributed by atoms with van der Waals surface area (Å²) in [6, 6.07) is -0.182. The lowest BCUT2D eigenvalue weighted by Gasteiger charge is -2.39. The Kier molecular flexibility index (Phi) is 3.95. The third kappa shape index (κ3) is 2.61. The smallest absolute Gasteiger partial charge is 0.410 e. The predicted molar refractivity (Wildman–Crippen MR) is 73.3 cm³/mol. The normalized spacial score (nSPS) is 29.8. The second-order valence-electron chi connectivity index (χ2n) is 6.54. The summed E-state index contributed by atoms with van der Waals surface area (Å²) in [7, 11) is 1.41. The number of carbonyl (C=O) groups is 2. The molecule has 0 aromatic carbocycles. The highest BCUT2D eigenvalue weighted by atomic mass is 16.6. The summed E-state index contributed by atoms with van der Waals surface area (Å²) in [5.74, 6) is -0.213. The van der Waals surface area contributed by atoms with E-state index in [2.05, 4.69) is 5.32 Å². The van der Waals surface area contributed by atoms with E-state index in [-0.39, 0.29) is 18.1 Å². The van der Waals surface area contributed by atoms with Gasteiger partial charge in [0.2, 0.25) is 0 Å². The minimum Gasteiger partial charge on any atom is -0.469 e. The first-order chi connectivity index (χ1) is 9.30. The zero-order chi connectivity index (χ0) is 15.0. The topological polar surface area (TPSA) is 67.9 Å². The standard InChI is InChI=1S/C14H24N2O4/c1-13(2,3)20-12(18)16-8-6-14(11(17)19-4)5-7-15-9-10(14)16/h10,15H,5-9H2,1-4H3/t10-,14+/m1/s1. The molecule has 2 atom stereocenters. The van der Waals surface area contributed by atoms with E-state index in [1.807, 2.05) is 20.8 Å². The van der Waals surface area contributed by atoms with Crippen LogP contribution in [0.25, 0.3) is 0 Å². The summed E-state index contributed by atoms with van der Waals surface area (Å²) in [5, 5.41) is 3.25. The van der Waals surface area contributed by atoms with Gasteiger partial charge in [-0.15, -0.1) is 0 Å². The fraction of sp³-hybridized carbons (Fsp3) is 0.857. The largest absolute Gasteiger partial charge is 0.469 e. The highest BCUT2D eigenvalue weighted by Gasteiger charge is 2.56. The molecular formula is C14H24N2O4. The van der Waals surface area contributed by atoms with Crippen molar-refractivity contribution in [1.82, 2.24) is 10.2 Å². The molecule has 2 aliphatic rings. The minimum atomic E-state index is -0.573. The maximum atomic E-state index is 12.3. The average Bonchev–Trinajstić information content (AvgIpc) is 2.76. The van der Waals surface area contributed by atoms with Crippen LogP contribution in [0.1, 0.15) is 33.6 Å². The molecular weight excluding hydrogens is 260 g/mol. The molecule has 6 heteroatoms. The quantitative estimate of drug-likeness (QED) is 0.732. The molecule has 0 unspecified atom stereocenters. The molecule has 0 bridgehead atoms. The zero-order valence-corrected chi connectivity index (χ0v) is 12.7. The van der Waals surface area contributed by atoms with Gasteiger partial charge < -0.3 is 19.7 Å². The lowest BCUT2D eigenvalue weighted by Crippen LogP contribution is -2.57. The molecule has 0 saturated carbocycles. The Balaban J connectivity index is 2.18. The number of nitrogens with one attached hydrogen (secondary N) is 1. The molecule has 0 aromatic rings. The third-order valence-electron chi connectivity index (χ3n) is 4.12. The molecule has 0 spiro atoms. The number of hydrogen-bond donors (Lipinski definition) is 1. The second-order valence-corrected chi connectivity index (χ2v) is 6.54. The maximum absolute atomic E-state index is 12.3. The third-order valence-corrected chi connectivity index (χ3v) is 4.12. The Morgan fingerprint density at radius 3 is 2.60 bits per heavy atom. The van der Waals surface area contributed by atoms with Crippen LogP contribution >= 0.6 is 0 Å². The highest BCUT2D eigenvalue weighted by Crippen LogP contribution is 2.43. The Hall–Kier alpha value is -1.30.